The van der Waals surface area contributed by atoms with Crippen molar-refractivity contribution < 1.29 is 23.1 Å². The minimum absolute atomic E-state index is 0.130. The highest BCUT2D eigenvalue weighted by molar-refractivity contribution is 5.95. The van der Waals surface area contributed by atoms with Gasteiger partial charge in [0, 0.05) is 49.0 Å². The Morgan fingerprint density at radius 3 is 2.59 bits per heavy atom. The summed E-state index contributed by atoms with van der Waals surface area (Å²) in [4.78, 5) is 25.7. The first-order valence-electron chi connectivity index (χ1n) is 9.41. The third-order valence-corrected chi connectivity index (χ3v) is 6.18. The van der Waals surface area contributed by atoms with Crippen LogP contribution in [0.5, 0.6) is 0 Å². The number of fused-ring (bicyclic) bond motifs is 1. The minimum Gasteiger partial charge on any atom is -0.477 e. The lowest BCUT2D eigenvalue weighted by Crippen LogP contribution is -2.45. The van der Waals surface area contributed by atoms with Crippen LogP contribution in [0.15, 0.2) is 17.1 Å². The van der Waals surface area contributed by atoms with E-state index in [1.54, 1.807) is 18.7 Å². The molecule has 2 aliphatic rings. The molecule has 1 saturated heterocycles. The van der Waals surface area contributed by atoms with Gasteiger partial charge >= 0.3 is 5.97 Å². The van der Waals surface area contributed by atoms with Crippen LogP contribution in [0, 0.1) is 18.7 Å². The molecule has 2 fully saturated rings. The summed E-state index contributed by atoms with van der Waals surface area (Å²) in [5.74, 6) is -4.56. The van der Waals surface area contributed by atoms with Gasteiger partial charge in [0.1, 0.15) is 11.4 Å². The van der Waals surface area contributed by atoms with Crippen molar-refractivity contribution in [3.05, 3.63) is 39.4 Å². The first-order chi connectivity index (χ1) is 13.5. The van der Waals surface area contributed by atoms with Crippen molar-refractivity contribution in [1.82, 2.24) is 4.57 Å². The maximum absolute atomic E-state index is 15.1. The number of hydrogen-bond donors (Lipinski definition) is 2. The lowest BCUT2D eigenvalue weighted by atomic mass is 9.92. The molecule has 9 heteroatoms. The maximum Gasteiger partial charge on any atom is 0.341 e. The average molecular weight is 409 g/mol. The molecule has 1 aliphatic heterocycles. The zero-order chi connectivity index (χ0) is 21.3. The van der Waals surface area contributed by atoms with Gasteiger partial charge in [0.15, 0.2) is 5.79 Å². The number of carboxylic acids is 1. The lowest BCUT2D eigenvalue weighted by molar-refractivity contribution is 0.0694. The van der Waals surface area contributed by atoms with Gasteiger partial charge in [-0.05, 0) is 25.5 Å². The smallest absolute Gasteiger partial charge is 0.341 e. The Balaban J connectivity index is 2.00. The summed E-state index contributed by atoms with van der Waals surface area (Å²) in [7, 11) is 0. The number of carboxylic acid groups (broad SMARTS) is 1. The quantitative estimate of drug-likeness (QED) is 0.811. The zero-order valence-electron chi connectivity index (χ0n) is 16.1. The van der Waals surface area contributed by atoms with Crippen LogP contribution in [-0.2, 0) is 5.79 Å². The molecule has 3 N–H and O–H groups in total. The van der Waals surface area contributed by atoms with Crippen molar-refractivity contribution in [1.29, 1.82) is 0 Å². The maximum atomic E-state index is 15.1. The lowest BCUT2D eigenvalue weighted by Gasteiger charge is -2.26. The Kier molecular flexibility index (Phi) is 4.24. The number of aromatic carboxylic acids is 1. The first kappa shape index (κ1) is 19.8. The van der Waals surface area contributed by atoms with Crippen molar-refractivity contribution in [3.8, 4) is 0 Å². The molecule has 2 atom stereocenters. The number of aromatic nitrogens is 1. The third-order valence-electron chi connectivity index (χ3n) is 6.18. The van der Waals surface area contributed by atoms with Crippen LogP contribution in [0.25, 0.3) is 10.9 Å². The molecule has 156 valence electrons. The number of halogens is 3. The number of alkyl halides is 2. The molecular weight excluding hydrogens is 387 g/mol. The molecule has 1 aromatic carbocycles. The molecule has 29 heavy (non-hydrogen) atoms. The van der Waals surface area contributed by atoms with Gasteiger partial charge in [0.2, 0.25) is 5.43 Å². The number of benzene rings is 1. The number of anilines is 1. The van der Waals surface area contributed by atoms with Gasteiger partial charge in [-0.3, -0.25) is 9.18 Å². The predicted octanol–water partition coefficient (Wildman–Crippen LogP) is 2.69. The van der Waals surface area contributed by atoms with Gasteiger partial charge in [-0.15, -0.1) is 0 Å². The fourth-order valence-corrected chi connectivity index (χ4v) is 4.31. The van der Waals surface area contributed by atoms with Gasteiger partial charge in [-0.2, -0.15) is 0 Å². The van der Waals surface area contributed by atoms with Crippen LogP contribution >= 0.6 is 0 Å². The number of rotatable bonds is 4. The van der Waals surface area contributed by atoms with Crippen molar-refractivity contribution in [3.63, 3.8) is 0 Å². The molecule has 1 aliphatic carbocycles. The SMILES string of the molecule is Cc1c(N2C[C@H](CF)[C@](C)(N)C2)c(F)cc2c(=O)c(C(=O)O)cn(C3(F)CC3)c12. The van der Waals surface area contributed by atoms with Crippen molar-refractivity contribution in [2.45, 2.75) is 38.0 Å². The molecule has 2 heterocycles. The number of nitrogens with zero attached hydrogens (tertiary/aromatic N) is 2. The molecule has 1 aromatic heterocycles. The third kappa shape index (κ3) is 2.90. The van der Waals surface area contributed by atoms with E-state index in [4.69, 9.17) is 5.73 Å². The Morgan fingerprint density at radius 2 is 2.07 bits per heavy atom. The van der Waals surface area contributed by atoms with Crippen LogP contribution < -0.4 is 16.1 Å². The molecule has 6 nitrogen and oxygen atoms in total. The summed E-state index contributed by atoms with van der Waals surface area (Å²) in [5.41, 5.74) is 4.41. The summed E-state index contributed by atoms with van der Waals surface area (Å²) in [6.07, 6.45) is 1.34. The van der Waals surface area contributed by atoms with E-state index in [2.05, 4.69) is 0 Å². The largest absolute Gasteiger partial charge is 0.477 e. The van der Waals surface area contributed by atoms with Gasteiger partial charge in [-0.1, -0.05) is 0 Å². The first-order valence-corrected chi connectivity index (χ1v) is 9.41. The summed E-state index contributed by atoms with van der Waals surface area (Å²) in [6.45, 7) is 2.98. The van der Waals surface area contributed by atoms with Crippen LogP contribution in [0.3, 0.4) is 0 Å². The Morgan fingerprint density at radius 1 is 1.41 bits per heavy atom. The fourth-order valence-electron chi connectivity index (χ4n) is 4.31. The molecule has 0 bridgehead atoms. The zero-order valence-corrected chi connectivity index (χ0v) is 16.1. The predicted molar refractivity (Wildman–Crippen MR) is 102 cm³/mol. The summed E-state index contributed by atoms with van der Waals surface area (Å²) in [6, 6.07) is 0.950. The van der Waals surface area contributed by atoms with E-state index in [9.17, 15) is 19.1 Å². The second-order valence-corrected chi connectivity index (χ2v) is 8.43. The van der Waals surface area contributed by atoms with Crippen LogP contribution in [0.4, 0.5) is 18.9 Å². The van der Waals surface area contributed by atoms with E-state index in [0.29, 0.717) is 5.56 Å². The van der Waals surface area contributed by atoms with Crippen molar-refractivity contribution in [2.24, 2.45) is 11.7 Å². The minimum atomic E-state index is -1.81. The monoisotopic (exact) mass is 409 g/mol. The number of carbonyl (C=O) groups is 1. The topological polar surface area (TPSA) is 88.6 Å². The highest BCUT2D eigenvalue weighted by atomic mass is 19.2. The standard InChI is InChI=1S/C20H22F3N3O3/c1-10-15-12(17(27)13(18(28)29)8-26(15)20(23)3-4-20)5-14(22)16(10)25-7-11(6-21)19(2,24)9-25/h5,8,11H,3-4,6-7,9,24H2,1-2H3,(H,28,29)/t11-,19+/m0/s1. The van der Waals surface area contributed by atoms with Crippen LogP contribution in [0.2, 0.25) is 0 Å². The molecule has 0 unspecified atom stereocenters. The average Bonchev–Trinajstić information content (AvgIpc) is 3.29. The van der Waals surface area contributed by atoms with E-state index in [-0.39, 0.29) is 42.5 Å². The molecule has 0 spiro atoms. The van der Waals surface area contributed by atoms with E-state index >= 15 is 8.78 Å². The molecule has 0 radical (unpaired) electrons. The normalized spacial score (nSPS) is 25.6. The van der Waals surface area contributed by atoms with E-state index in [0.717, 1.165) is 16.8 Å². The van der Waals surface area contributed by atoms with E-state index in [1.165, 1.54) is 0 Å². The second-order valence-electron chi connectivity index (χ2n) is 8.43. The van der Waals surface area contributed by atoms with Crippen molar-refractivity contribution >= 4 is 22.6 Å². The number of hydrogen-bond acceptors (Lipinski definition) is 4. The van der Waals surface area contributed by atoms with Gasteiger partial charge in [0.25, 0.3) is 0 Å². The van der Waals surface area contributed by atoms with Crippen LogP contribution in [0.1, 0.15) is 35.7 Å². The Bertz CT molecular complexity index is 1090. The fraction of sp³-hybridized carbons (Fsp3) is 0.500. The molecule has 0 amide bonds. The van der Waals surface area contributed by atoms with E-state index in [1.807, 2.05) is 0 Å². The number of pyridine rings is 1. The van der Waals surface area contributed by atoms with Crippen molar-refractivity contribution in [2.75, 3.05) is 24.7 Å². The van der Waals surface area contributed by atoms with Gasteiger partial charge in [-0.25, -0.2) is 13.6 Å². The second kappa shape index (κ2) is 6.22. The molecule has 2 aromatic rings. The van der Waals surface area contributed by atoms with Gasteiger partial charge < -0.3 is 20.3 Å². The Hall–Kier alpha value is -2.55. The molecule has 4 rings (SSSR count). The van der Waals surface area contributed by atoms with Crippen LogP contribution in [-0.4, -0.2) is 40.9 Å². The summed E-state index contributed by atoms with van der Waals surface area (Å²) < 4.78 is 44.7. The van der Waals surface area contributed by atoms with Gasteiger partial charge in [0.05, 0.1) is 17.9 Å². The summed E-state index contributed by atoms with van der Waals surface area (Å²) in [5, 5.41) is 9.14. The highest BCUT2D eigenvalue weighted by Crippen LogP contribution is 2.47. The molecule has 1 saturated carbocycles. The summed E-state index contributed by atoms with van der Waals surface area (Å²) >= 11 is 0. The number of aryl methyl sites for hydroxylation is 1. The Labute approximate surface area is 164 Å². The highest BCUT2D eigenvalue weighted by Gasteiger charge is 2.47. The van der Waals surface area contributed by atoms with E-state index < -0.39 is 46.7 Å². The molecular formula is C20H22F3N3O3. The number of nitrogens with two attached hydrogens (primary N) is 1.